The maximum atomic E-state index is 11.5. The van der Waals surface area contributed by atoms with E-state index in [9.17, 15) is 18.0 Å². The number of anilines is 1. The van der Waals surface area contributed by atoms with E-state index >= 15 is 0 Å². The Bertz CT molecular complexity index is 666. The fourth-order valence-corrected chi connectivity index (χ4v) is 1.80. The van der Waals surface area contributed by atoms with Gasteiger partial charge < -0.3 is 15.4 Å². The summed E-state index contributed by atoms with van der Waals surface area (Å²) in [4.78, 5) is 22.3. The highest BCUT2D eigenvalue weighted by atomic mass is 32.2. The topological polar surface area (TPSA) is 122 Å². The summed E-state index contributed by atoms with van der Waals surface area (Å²) in [6.07, 6.45) is 0. The number of hydrogen-bond donors (Lipinski definition) is 3. The number of carbonyl (C=O) groups is 2. The fraction of sp³-hybridized carbons (Fsp3) is 0.231. The van der Waals surface area contributed by atoms with Crippen molar-refractivity contribution in [3.8, 4) is 0 Å². The first-order valence-corrected chi connectivity index (χ1v) is 7.59. The molecule has 0 aliphatic heterocycles. The van der Waals surface area contributed by atoms with Gasteiger partial charge in [-0.2, -0.15) is 8.42 Å². The lowest BCUT2D eigenvalue weighted by Gasteiger charge is -2.08. The van der Waals surface area contributed by atoms with Gasteiger partial charge in [-0.3, -0.25) is 4.55 Å². The minimum Gasteiger partial charge on any atom is -0.460 e. The van der Waals surface area contributed by atoms with Gasteiger partial charge in [-0.05, 0) is 31.2 Å². The molecule has 8 nitrogen and oxygen atoms in total. The van der Waals surface area contributed by atoms with Gasteiger partial charge in [0.2, 0.25) is 0 Å². The van der Waals surface area contributed by atoms with Crippen LogP contribution in [0.3, 0.4) is 0 Å². The van der Waals surface area contributed by atoms with E-state index in [0.717, 1.165) is 12.1 Å². The number of nitrogens with one attached hydrogen (secondary N) is 2. The molecule has 2 amide bonds. The molecule has 9 heteroatoms. The quantitative estimate of drug-likeness (QED) is 0.312. The van der Waals surface area contributed by atoms with E-state index in [1.165, 1.54) is 19.1 Å². The number of esters is 1. The summed E-state index contributed by atoms with van der Waals surface area (Å²) in [5.74, 6) is -0.539. The van der Waals surface area contributed by atoms with E-state index in [4.69, 9.17) is 9.29 Å². The maximum Gasteiger partial charge on any atom is 0.333 e. The van der Waals surface area contributed by atoms with Crippen LogP contribution in [-0.4, -0.2) is 38.1 Å². The summed E-state index contributed by atoms with van der Waals surface area (Å²) in [6, 6.07) is 4.40. The largest absolute Gasteiger partial charge is 0.460 e. The first-order chi connectivity index (χ1) is 10.2. The van der Waals surface area contributed by atoms with Crippen molar-refractivity contribution in [2.24, 2.45) is 0 Å². The summed E-state index contributed by atoms with van der Waals surface area (Å²) >= 11 is 0. The van der Waals surface area contributed by atoms with Crippen LogP contribution in [0.5, 0.6) is 0 Å². The molecule has 1 aromatic rings. The lowest BCUT2D eigenvalue weighted by molar-refractivity contribution is -0.138. The van der Waals surface area contributed by atoms with Crippen LogP contribution < -0.4 is 10.6 Å². The molecular weight excluding hydrogens is 312 g/mol. The standard InChI is InChI=1S/C13H16N2O6S/c1-9(2)12(16)21-8-7-14-13(17)15-10-3-5-11(6-4-10)22(18,19)20/h3-6H,1,7-8H2,2H3,(H2,14,15,17)(H,18,19,20). The Balaban J connectivity index is 2.39. The molecule has 0 spiro atoms. The van der Waals surface area contributed by atoms with Crippen LogP contribution in [0.4, 0.5) is 10.5 Å². The smallest absolute Gasteiger partial charge is 0.333 e. The Hall–Kier alpha value is -2.39. The van der Waals surface area contributed by atoms with Crippen molar-refractivity contribution in [1.82, 2.24) is 5.32 Å². The van der Waals surface area contributed by atoms with Crippen molar-refractivity contribution in [1.29, 1.82) is 0 Å². The van der Waals surface area contributed by atoms with Crippen molar-refractivity contribution in [2.45, 2.75) is 11.8 Å². The highest BCUT2D eigenvalue weighted by Gasteiger charge is 2.09. The zero-order valence-corrected chi connectivity index (χ0v) is 12.6. The molecule has 0 bridgehead atoms. The molecule has 120 valence electrons. The van der Waals surface area contributed by atoms with Gasteiger partial charge in [0.15, 0.2) is 0 Å². The van der Waals surface area contributed by atoms with Crippen molar-refractivity contribution in [2.75, 3.05) is 18.5 Å². The van der Waals surface area contributed by atoms with Gasteiger partial charge in [-0.25, -0.2) is 9.59 Å². The number of urea groups is 1. The van der Waals surface area contributed by atoms with Gasteiger partial charge in [0.05, 0.1) is 11.4 Å². The predicted molar refractivity (Wildman–Crippen MR) is 79.1 cm³/mol. The molecule has 0 aliphatic carbocycles. The average molecular weight is 328 g/mol. The molecule has 0 aliphatic rings. The Morgan fingerprint density at radius 2 is 1.86 bits per heavy atom. The van der Waals surface area contributed by atoms with Gasteiger partial charge in [0, 0.05) is 11.3 Å². The van der Waals surface area contributed by atoms with Crippen LogP contribution in [0.15, 0.2) is 41.3 Å². The van der Waals surface area contributed by atoms with Crippen LogP contribution in [0.25, 0.3) is 0 Å². The molecule has 1 rings (SSSR count). The molecule has 0 atom stereocenters. The molecule has 1 aromatic carbocycles. The lowest BCUT2D eigenvalue weighted by atomic mass is 10.3. The predicted octanol–water partition coefficient (Wildman–Crippen LogP) is 1.17. The lowest BCUT2D eigenvalue weighted by Crippen LogP contribution is -2.32. The van der Waals surface area contributed by atoms with Crippen molar-refractivity contribution in [3.05, 3.63) is 36.4 Å². The molecule has 3 N–H and O–H groups in total. The highest BCUT2D eigenvalue weighted by molar-refractivity contribution is 7.85. The SMILES string of the molecule is C=C(C)C(=O)OCCNC(=O)Nc1ccc(S(=O)(=O)O)cc1. The van der Waals surface area contributed by atoms with Crippen LogP contribution in [0.2, 0.25) is 0 Å². The summed E-state index contributed by atoms with van der Waals surface area (Å²) in [5, 5.41) is 4.89. The Labute approximate surface area is 127 Å². The number of benzene rings is 1. The van der Waals surface area contributed by atoms with Gasteiger partial charge in [0.1, 0.15) is 6.61 Å². The van der Waals surface area contributed by atoms with Crippen LogP contribution in [0, 0.1) is 0 Å². The van der Waals surface area contributed by atoms with Crippen LogP contribution in [-0.2, 0) is 19.6 Å². The molecule has 0 aromatic heterocycles. The minimum absolute atomic E-state index is 0.000801. The number of ether oxygens (including phenoxy) is 1. The van der Waals surface area contributed by atoms with E-state index in [0.29, 0.717) is 5.69 Å². The van der Waals surface area contributed by atoms with Crippen molar-refractivity contribution < 1.29 is 27.3 Å². The summed E-state index contributed by atoms with van der Waals surface area (Å²) in [6.45, 7) is 5.03. The monoisotopic (exact) mass is 328 g/mol. The zero-order chi connectivity index (χ0) is 16.8. The van der Waals surface area contributed by atoms with Gasteiger partial charge in [-0.15, -0.1) is 0 Å². The van der Waals surface area contributed by atoms with Crippen LogP contribution >= 0.6 is 0 Å². The van der Waals surface area contributed by atoms with Crippen molar-refractivity contribution >= 4 is 27.8 Å². The third-order valence-electron chi connectivity index (χ3n) is 2.38. The number of carbonyl (C=O) groups excluding carboxylic acids is 2. The van der Waals surface area contributed by atoms with Gasteiger partial charge in [0.25, 0.3) is 10.1 Å². The molecule has 0 unspecified atom stereocenters. The van der Waals surface area contributed by atoms with E-state index in [1.807, 2.05) is 0 Å². The van der Waals surface area contributed by atoms with E-state index in [-0.39, 0.29) is 23.6 Å². The second kappa shape index (κ2) is 7.57. The number of rotatable bonds is 6. The molecule has 0 fully saturated rings. The average Bonchev–Trinajstić information content (AvgIpc) is 2.42. The van der Waals surface area contributed by atoms with Gasteiger partial charge in [-0.1, -0.05) is 6.58 Å². The maximum absolute atomic E-state index is 11.5. The highest BCUT2D eigenvalue weighted by Crippen LogP contribution is 2.13. The molecule has 0 saturated carbocycles. The van der Waals surface area contributed by atoms with Crippen molar-refractivity contribution in [3.63, 3.8) is 0 Å². The molecular formula is C13H16N2O6S. The number of amides is 2. The van der Waals surface area contributed by atoms with E-state index in [2.05, 4.69) is 17.2 Å². The molecule has 0 heterocycles. The Morgan fingerprint density at radius 1 is 1.27 bits per heavy atom. The molecule has 22 heavy (non-hydrogen) atoms. The van der Waals surface area contributed by atoms with Crippen LogP contribution in [0.1, 0.15) is 6.92 Å². The third-order valence-corrected chi connectivity index (χ3v) is 3.25. The third kappa shape index (κ3) is 5.94. The Morgan fingerprint density at radius 3 is 2.36 bits per heavy atom. The second-order valence-corrected chi connectivity index (χ2v) is 5.72. The minimum atomic E-state index is -4.26. The normalized spacial score (nSPS) is 10.6. The summed E-state index contributed by atoms with van der Waals surface area (Å²) in [7, 11) is -4.26. The summed E-state index contributed by atoms with van der Waals surface area (Å²) < 4.78 is 35.3. The first kappa shape index (κ1) is 17.7. The van der Waals surface area contributed by atoms with E-state index in [1.54, 1.807) is 0 Å². The molecule has 0 saturated heterocycles. The number of hydrogen-bond acceptors (Lipinski definition) is 5. The van der Waals surface area contributed by atoms with Gasteiger partial charge >= 0.3 is 12.0 Å². The summed E-state index contributed by atoms with van der Waals surface area (Å²) in [5.41, 5.74) is 0.604. The molecule has 0 radical (unpaired) electrons. The Kier molecular flexibility index (Phi) is 6.08. The second-order valence-electron chi connectivity index (χ2n) is 4.30. The zero-order valence-electron chi connectivity index (χ0n) is 11.8. The first-order valence-electron chi connectivity index (χ1n) is 6.15. The van der Waals surface area contributed by atoms with E-state index < -0.39 is 22.1 Å². The fourth-order valence-electron chi connectivity index (χ4n) is 1.32.